The van der Waals surface area contributed by atoms with Crippen molar-refractivity contribution in [1.82, 2.24) is 0 Å². The molecule has 0 saturated heterocycles. The third kappa shape index (κ3) is 1.53. The Morgan fingerprint density at radius 1 is 1.05 bits per heavy atom. The molecule has 4 rings (SSSR count). The Balaban J connectivity index is 1.96. The van der Waals surface area contributed by atoms with Gasteiger partial charge in [0.15, 0.2) is 0 Å². The van der Waals surface area contributed by atoms with E-state index in [0.717, 1.165) is 0 Å². The second-order valence-electron chi connectivity index (χ2n) is 8.80. The molecule has 112 valence electrons. The first-order valence-corrected chi connectivity index (χ1v) is 8.36. The summed E-state index contributed by atoms with van der Waals surface area (Å²) in [5.74, 6) is 0.668. The van der Waals surface area contributed by atoms with Crippen molar-refractivity contribution >= 4 is 5.69 Å². The minimum atomic E-state index is 0.220. The van der Waals surface area contributed by atoms with Gasteiger partial charge in [0.1, 0.15) is 0 Å². The average molecular weight is 281 g/mol. The monoisotopic (exact) mass is 281 g/mol. The van der Waals surface area contributed by atoms with E-state index in [1.807, 2.05) is 0 Å². The highest BCUT2D eigenvalue weighted by atomic mass is 15.0. The van der Waals surface area contributed by atoms with Crippen molar-refractivity contribution < 1.29 is 0 Å². The minimum Gasteiger partial charge on any atom is -0.380 e. The van der Waals surface area contributed by atoms with Crippen LogP contribution in [0.15, 0.2) is 35.9 Å². The van der Waals surface area contributed by atoms with Crippen molar-refractivity contribution in [1.29, 1.82) is 0 Å². The average Bonchev–Trinajstić information content (AvgIpc) is 2.62. The van der Waals surface area contributed by atoms with Crippen molar-refractivity contribution in [3.05, 3.63) is 41.5 Å². The molecule has 1 heterocycles. The van der Waals surface area contributed by atoms with E-state index >= 15 is 0 Å². The van der Waals surface area contributed by atoms with Gasteiger partial charge in [-0.05, 0) is 35.8 Å². The van der Waals surface area contributed by atoms with E-state index < -0.39 is 0 Å². The topological polar surface area (TPSA) is 12.0 Å². The van der Waals surface area contributed by atoms with Crippen molar-refractivity contribution in [2.45, 2.75) is 59.4 Å². The van der Waals surface area contributed by atoms with Gasteiger partial charge in [0.2, 0.25) is 0 Å². The normalized spacial score (nSPS) is 38.0. The SMILES string of the molecule is CC1(C)CC[C@@H]2c3ccccc3N[C@H]3C(C)(C)C=C1[C@@]23C. The van der Waals surface area contributed by atoms with Crippen LogP contribution in [0.1, 0.15) is 58.9 Å². The summed E-state index contributed by atoms with van der Waals surface area (Å²) in [5, 5.41) is 3.90. The van der Waals surface area contributed by atoms with Crippen LogP contribution in [0.4, 0.5) is 5.69 Å². The van der Waals surface area contributed by atoms with E-state index in [1.165, 1.54) is 24.1 Å². The minimum absolute atomic E-state index is 0.220. The maximum atomic E-state index is 3.90. The maximum Gasteiger partial charge on any atom is 0.0443 e. The van der Waals surface area contributed by atoms with Crippen LogP contribution in [0.5, 0.6) is 0 Å². The molecule has 0 radical (unpaired) electrons. The molecule has 21 heavy (non-hydrogen) atoms. The smallest absolute Gasteiger partial charge is 0.0443 e. The zero-order valence-corrected chi connectivity index (χ0v) is 14.0. The fourth-order valence-corrected chi connectivity index (χ4v) is 5.69. The second kappa shape index (κ2) is 3.74. The maximum absolute atomic E-state index is 3.90. The van der Waals surface area contributed by atoms with Gasteiger partial charge < -0.3 is 5.32 Å². The predicted molar refractivity (Wildman–Crippen MR) is 89.6 cm³/mol. The Labute approximate surface area is 128 Å². The van der Waals surface area contributed by atoms with Crippen LogP contribution in [0.25, 0.3) is 0 Å². The van der Waals surface area contributed by atoms with Gasteiger partial charge in [-0.1, -0.05) is 64.5 Å². The lowest BCUT2D eigenvalue weighted by atomic mass is 9.52. The standard InChI is InChI=1S/C20H27N/c1-18(2)11-10-14-13-8-6-7-9-15(13)21-17-19(3,4)12-16(18)20(14,17)5/h6-9,12,14,17,21H,10-11H2,1-5H3/t14-,17+,20-/m1/s1. The summed E-state index contributed by atoms with van der Waals surface area (Å²) < 4.78 is 0. The second-order valence-corrected chi connectivity index (χ2v) is 8.80. The van der Waals surface area contributed by atoms with Crippen molar-refractivity contribution in [3.63, 3.8) is 0 Å². The molecule has 0 aromatic heterocycles. The first-order valence-electron chi connectivity index (χ1n) is 8.36. The molecule has 1 aromatic carbocycles. The Kier molecular flexibility index (Phi) is 2.39. The van der Waals surface area contributed by atoms with Gasteiger partial charge >= 0.3 is 0 Å². The van der Waals surface area contributed by atoms with Gasteiger partial charge in [-0.15, -0.1) is 0 Å². The summed E-state index contributed by atoms with van der Waals surface area (Å²) in [4.78, 5) is 0. The molecule has 1 aliphatic heterocycles. The van der Waals surface area contributed by atoms with Crippen molar-refractivity contribution in [2.24, 2.45) is 16.2 Å². The molecule has 0 bridgehead atoms. The molecule has 1 aromatic rings. The van der Waals surface area contributed by atoms with E-state index in [1.54, 1.807) is 5.57 Å². The summed E-state index contributed by atoms with van der Waals surface area (Å²) in [7, 11) is 0. The number of benzene rings is 1. The summed E-state index contributed by atoms with van der Waals surface area (Å²) in [6.45, 7) is 12.2. The molecule has 1 nitrogen and oxygen atoms in total. The zero-order valence-electron chi connectivity index (χ0n) is 14.0. The molecular weight excluding hydrogens is 254 g/mol. The lowest BCUT2D eigenvalue weighted by Crippen LogP contribution is -2.53. The molecule has 1 fully saturated rings. The highest BCUT2D eigenvalue weighted by Gasteiger charge is 2.61. The number of hydrogen-bond donors (Lipinski definition) is 1. The van der Waals surface area contributed by atoms with Gasteiger partial charge in [0.05, 0.1) is 0 Å². The molecular formula is C20H27N. The number of rotatable bonds is 0. The number of fused-ring (bicyclic) bond motifs is 2. The van der Waals surface area contributed by atoms with E-state index in [4.69, 9.17) is 0 Å². The highest BCUT2D eigenvalue weighted by Crippen LogP contribution is 2.68. The molecule has 3 atom stereocenters. The van der Waals surface area contributed by atoms with Gasteiger partial charge in [0.25, 0.3) is 0 Å². The van der Waals surface area contributed by atoms with Crippen LogP contribution in [0.3, 0.4) is 0 Å². The predicted octanol–water partition coefficient (Wildman–Crippen LogP) is 5.36. The van der Waals surface area contributed by atoms with Crippen LogP contribution in [-0.2, 0) is 0 Å². The van der Waals surface area contributed by atoms with E-state index in [2.05, 4.69) is 70.3 Å². The third-order valence-electron chi connectivity index (χ3n) is 6.59. The molecule has 0 unspecified atom stereocenters. The number of para-hydroxylation sites is 1. The van der Waals surface area contributed by atoms with Crippen LogP contribution in [0.2, 0.25) is 0 Å². The van der Waals surface area contributed by atoms with Crippen LogP contribution in [-0.4, -0.2) is 6.04 Å². The summed E-state index contributed by atoms with van der Waals surface area (Å²) in [5.41, 5.74) is 5.42. The van der Waals surface area contributed by atoms with Gasteiger partial charge in [-0.25, -0.2) is 0 Å². The Morgan fingerprint density at radius 3 is 2.52 bits per heavy atom. The fraction of sp³-hybridized carbons (Fsp3) is 0.600. The molecule has 0 spiro atoms. The van der Waals surface area contributed by atoms with Gasteiger partial charge in [0, 0.05) is 22.6 Å². The zero-order chi connectivity index (χ0) is 15.0. The highest BCUT2D eigenvalue weighted by molar-refractivity contribution is 5.62. The first-order chi connectivity index (χ1) is 9.77. The van der Waals surface area contributed by atoms with Gasteiger partial charge in [-0.3, -0.25) is 0 Å². The Bertz CT molecular complexity index is 637. The molecule has 0 amide bonds. The Hall–Kier alpha value is -1.24. The molecule has 1 heteroatoms. The van der Waals surface area contributed by atoms with E-state index in [9.17, 15) is 0 Å². The van der Waals surface area contributed by atoms with E-state index in [0.29, 0.717) is 17.4 Å². The number of hydrogen-bond acceptors (Lipinski definition) is 1. The third-order valence-corrected chi connectivity index (χ3v) is 6.59. The molecule has 1 N–H and O–H groups in total. The number of nitrogens with one attached hydrogen (secondary N) is 1. The quantitative estimate of drug-likeness (QED) is 0.631. The summed E-state index contributed by atoms with van der Waals surface area (Å²) >= 11 is 0. The Morgan fingerprint density at radius 2 is 1.76 bits per heavy atom. The molecule has 2 aliphatic carbocycles. The summed E-state index contributed by atoms with van der Waals surface area (Å²) in [6.07, 6.45) is 5.21. The van der Waals surface area contributed by atoms with E-state index in [-0.39, 0.29) is 10.8 Å². The number of anilines is 1. The lowest BCUT2D eigenvalue weighted by Gasteiger charge is -2.56. The largest absolute Gasteiger partial charge is 0.380 e. The van der Waals surface area contributed by atoms with Crippen LogP contribution < -0.4 is 5.32 Å². The van der Waals surface area contributed by atoms with Crippen LogP contribution >= 0.6 is 0 Å². The van der Waals surface area contributed by atoms with Crippen LogP contribution in [0, 0.1) is 16.2 Å². The lowest BCUT2D eigenvalue weighted by molar-refractivity contribution is 0.126. The van der Waals surface area contributed by atoms with Crippen molar-refractivity contribution in [2.75, 3.05) is 5.32 Å². The molecule has 1 saturated carbocycles. The fourth-order valence-electron chi connectivity index (χ4n) is 5.69. The summed E-state index contributed by atoms with van der Waals surface area (Å²) in [6, 6.07) is 9.49. The van der Waals surface area contributed by atoms with Gasteiger partial charge in [-0.2, -0.15) is 0 Å². The first kappa shape index (κ1) is 13.4. The molecule has 3 aliphatic rings. The van der Waals surface area contributed by atoms with Crippen molar-refractivity contribution in [3.8, 4) is 0 Å².